The fourth-order valence-electron chi connectivity index (χ4n) is 1.94. The quantitative estimate of drug-likeness (QED) is 0.703. The highest BCUT2D eigenvalue weighted by Gasteiger charge is 2.11. The van der Waals surface area contributed by atoms with Crippen molar-refractivity contribution in [1.82, 2.24) is 14.5 Å². The number of aryl methyl sites for hydroxylation is 1. The molecule has 0 unspecified atom stereocenters. The highest BCUT2D eigenvalue weighted by Crippen LogP contribution is 2.19. The summed E-state index contributed by atoms with van der Waals surface area (Å²) in [5, 5.41) is 9.57. The van der Waals surface area contributed by atoms with Crippen LogP contribution in [0.25, 0.3) is 0 Å². The number of aliphatic carboxylic acids is 1. The standard InChI is InChI=1S/C13H23N3O2S/c1-4-11-9-14-13(19-10-12(17)18)16(11)8-7-15(5-2)6-3/h9H,4-8,10H2,1-3H3,(H,17,18). The van der Waals surface area contributed by atoms with Gasteiger partial charge in [0, 0.05) is 25.0 Å². The maximum absolute atomic E-state index is 10.7. The molecule has 1 heterocycles. The number of nitrogens with zero attached hydrogens (tertiary/aromatic N) is 3. The summed E-state index contributed by atoms with van der Waals surface area (Å²) in [5.74, 6) is -0.743. The maximum Gasteiger partial charge on any atom is 0.313 e. The normalized spacial score (nSPS) is 11.2. The molecule has 0 spiro atoms. The molecule has 0 bridgehead atoms. The van der Waals surface area contributed by atoms with Gasteiger partial charge in [-0.2, -0.15) is 0 Å². The van der Waals surface area contributed by atoms with Crippen LogP contribution in [0.2, 0.25) is 0 Å². The number of imidazole rings is 1. The third kappa shape index (κ3) is 4.87. The summed E-state index contributed by atoms with van der Waals surface area (Å²) < 4.78 is 2.14. The molecule has 1 aromatic heterocycles. The first-order valence-corrected chi connectivity index (χ1v) is 7.72. The third-order valence-electron chi connectivity index (χ3n) is 3.12. The number of likely N-dealkylation sites (N-methyl/N-ethyl adjacent to an activating group) is 1. The minimum Gasteiger partial charge on any atom is -0.481 e. The molecule has 0 fully saturated rings. The van der Waals surface area contributed by atoms with Crippen molar-refractivity contribution in [2.45, 2.75) is 38.9 Å². The zero-order valence-corrected chi connectivity index (χ0v) is 12.7. The van der Waals surface area contributed by atoms with Crippen molar-refractivity contribution in [1.29, 1.82) is 0 Å². The summed E-state index contributed by atoms with van der Waals surface area (Å²) >= 11 is 1.29. The van der Waals surface area contributed by atoms with Gasteiger partial charge in [0.1, 0.15) is 0 Å². The summed E-state index contributed by atoms with van der Waals surface area (Å²) in [6.45, 7) is 10.3. The van der Waals surface area contributed by atoms with Gasteiger partial charge in [0.2, 0.25) is 0 Å². The Morgan fingerprint density at radius 2 is 2.11 bits per heavy atom. The molecule has 0 saturated heterocycles. The zero-order chi connectivity index (χ0) is 14.3. The zero-order valence-electron chi connectivity index (χ0n) is 11.9. The third-order valence-corrected chi connectivity index (χ3v) is 4.10. The highest BCUT2D eigenvalue weighted by atomic mass is 32.2. The SMILES string of the molecule is CCc1cnc(SCC(=O)O)n1CCN(CC)CC. The predicted octanol–water partition coefficient (Wildman–Crippen LogP) is 1.96. The molecule has 0 aliphatic carbocycles. The smallest absolute Gasteiger partial charge is 0.313 e. The Morgan fingerprint density at radius 3 is 2.63 bits per heavy atom. The molecule has 1 rings (SSSR count). The van der Waals surface area contributed by atoms with E-state index in [1.807, 2.05) is 6.20 Å². The van der Waals surface area contributed by atoms with Gasteiger partial charge >= 0.3 is 5.97 Å². The first-order valence-electron chi connectivity index (χ1n) is 6.73. The van der Waals surface area contributed by atoms with E-state index in [1.54, 1.807) is 0 Å². The Hall–Kier alpha value is -1.01. The second-order valence-corrected chi connectivity index (χ2v) is 5.19. The van der Waals surface area contributed by atoms with E-state index in [9.17, 15) is 4.79 Å². The Bertz CT molecular complexity index is 403. The first kappa shape index (κ1) is 16.0. The fourth-order valence-corrected chi connectivity index (χ4v) is 2.68. The van der Waals surface area contributed by atoms with Crippen molar-refractivity contribution in [2.24, 2.45) is 0 Å². The number of aromatic nitrogens is 2. The lowest BCUT2D eigenvalue weighted by Crippen LogP contribution is -2.27. The monoisotopic (exact) mass is 285 g/mol. The van der Waals surface area contributed by atoms with Gasteiger partial charge in [-0.1, -0.05) is 32.5 Å². The van der Waals surface area contributed by atoms with Crippen molar-refractivity contribution < 1.29 is 9.90 Å². The largest absolute Gasteiger partial charge is 0.481 e. The topological polar surface area (TPSA) is 58.4 Å². The van der Waals surface area contributed by atoms with Gasteiger partial charge in [0.25, 0.3) is 0 Å². The van der Waals surface area contributed by atoms with Crippen molar-refractivity contribution in [3.8, 4) is 0 Å². The van der Waals surface area contributed by atoms with Crippen molar-refractivity contribution >= 4 is 17.7 Å². The molecule has 0 amide bonds. The number of rotatable bonds is 9. The molecule has 0 atom stereocenters. The van der Waals surface area contributed by atoms with Crippen molar-refractivity contribution in [3.63, 3.8) is 0 Å². The van der Waals surface area contributed by atoms with Crippen LogP contribution in [0.3, 0.4) is 0 Å². The van der Waals surface area contributed by atoms with E-state index in [2.05, 4.69) is 35.2 Å². The molecule has 5 nitrogen and oxygen atoms in total. The molecule has 0 saturated carbocycles. The van der Waals surface area contributed by atoms with Gasteiger partial charge in [0.05, 0.1) is 5.75 Å². The Balaban J connectivity index is 2.72. The summed E-state index contributed by atoms with van der Waals surface area (Å²) in [7, 11) is 0. The highest BCUT2D eigenvalue weighted by molar-refractivity contribution is 7.99. The van der Waals surface area contributed by atoms with E-state index in [1.165, 1.54) is 17.5 Å². The lowest BCUT2D eigenvalue weighted by molar-refractivity contribution is -0.133. The molecule has 6 heteroatoms. The minimum atomic E-state index is -0.804. The van der Waals surface area contributed by atoms with Crippen LogP contribution in [-0.2, 0) is 17.8 Å². The average molecular weight is 285 g/mol. The lowest BCUT2D eigenvalue weighted by Gasteiger charge is -2.19. The Kier molecular flexibility index (Phi) is 6.94. The van der Waals surface area contributed by atoms with E-state index in [0.717, 1.165) is 37.8 Å². The van der Waals surface area contributed by atoms with Crippen LogP contribution in [0.5, 0.6) is 0 Å². The number of hydrogen-bond acceptors (Lipinski definition) is 4. The van der Waals surface area contributed by atoms with Gasteiger partial charge < -0.3 is 14.6 Å². The lowest BCUT2D eigenvalue weighted by atomic mass is 10.3. The number of carboxylic acid groups (broad SMARTS) is 1. The summed E-state index contributed by atoms with van der Waals surface area (Å²) in [6.07, 6.45) is 2.77. The number of thioether (sulfide) groups is 1. The van der Waals surface area contributed by atoms with Gasteiger partial charge in [-0.25, -0.2) is 4.98 Å². The van der Waals surface area contributed by atoms with Crippen LogP contribution in [0, 0.1) is 0 Å². The van der Waals surface area contributed by atoms with Crippen LogP contribution in [0.1, 0.15) is 26.5 Å². The van der Waals surface area contributed by atoms with E-state index in [0.29, 0.717) is 0 Å². The fraction of sp³-hybridized carbons (Fsp3) is 0.692. The van der Waals surface area contributed by atoms with Gasteiger partial charge in [-0.3, -0.25) is 4.79 Å². The van der Waals surface area contributed by atoms with Gasteiger partial charge in [-0.15, -0.1) is 0 Å². The van der Waals surface area contributed by atoms with Crippen LogP contribution >= 0.6 is 11.8 Å². The van der Waals surface area contributed by atoms with Crippen LogP contribution in [-0.4, -0.2) is 50.9 Å². The Morgan fingerprint density at radius 1 is 1.42 bits per heavy atom. The molecule has 108 valence electrons. The predicted molar refractivity (Wildman–Crippen MR) is 77.8 cm³/mol. The molecule has 0 aliphatic rings. The second-order valence-electron chi connectivity index (χ2n) is 4.25. The number of carboxylic acids is 1. The molecule has 1 aromatic rings. The molecule has 19 heavy (non-hydrogen) atoms. The summed E-state index contributed by atoms with van der Waals surface area (Å²) in [4.78, 5) is 17.3. The summed E-state index contributed by atoms with van der Waals surface area (Å²) in [5.41, 5.74) is 1.17. The molecule has 0 aliphatic heterocycles. The van der Waals surface area contributed by atoms with Gasteiger partial charge in [-0.05, 0) is 19.5 Å². The Labute approximate surface area is 119 Å². The van der Waals surface area contributed by atoms with Crippen LogP contribution in [0.4, 0.5) is 0 Å². The van der Waals surface area contributed by atoms with Crippen LogP contribution < -0.4 is 0 Å². The van der Waals surface area contributed by atoms with Crippen molar-refractivity contribution in [2.75, 3.05) is 25.4 Å². The number of hydrogen-bond donors (Lipinski definition) is 1. The van der Waals surface area contributed by atoms with Crippen LogP contribution in [0.15, 0.2) is 11.4 Å². The molecular weight excluding hydrogens is 262 g/mol. The van der Waals surface area contributed by atoms with E-state index in [4.69, 9.17) is 5.11 Å². The van der Waals surface area contributed by atoms with Gasteiger partial charge in [0.15, 0.2) is 5.16 Å². The minimum absolute atomic E-state index is 0.0609. The maximum atomic E-state index is 10.7. The van der Waals surface area contributed by atoms with Crippen molar-refractivity contribution in [3.05, 3.63) is 11.9 Å². The average Bonchev–Trinajstić information content (AvgIpc) is 2.79. The van der Waals surface area contributed by atoms with E-state index in [-0.39, 0.29) is 5.75 Å². The molecule has 0 aromatic carbocycles. The molecule has 0 radical (unpaired) electrons. The molecule has 1 N–H and O–H groups in total. The second kappa shape index (κ2) is 8.22. The summed E-state index contributed by atoms with van der Waals surface area (Å²) in [6, 6.07) is 0. The van der Waals surface area contributed by atoms with E-state index >= 15 is 0 Å². The first-order chi connectivity index (χ1) is 9.12. The van der Waals surface area contributed by atoms with E-state index < -0.39 is 5.97 Å². The number of carbonyl (C=O) groups is 1. The molecular formula is C13H23N3O2S.